The molecule has 1 amide bonds. The maximum Gasteiger partial charge on any atom is 0.220 e. The summed E-state index contributed by atoms with van der Waals surface area (Å²) in [5.41, 5.74) is 0. The molecule has 9 heteroatoms. The first-order chi connectivity index (χ1) is 29.8. The first-order valence-electron chi connectivity index (χ1n) is 25.7. The Morgan fingerprint density at radius 2 is 0.934 bits per heavy atom. The number of aliphatic hydroxyl groups is 5. The Bertz CT molecular complexity index is 1050. The molecule has 0 aromatic rings. The lowest BCUT2D eigenvalue weighted by atomic mass is 9.99. The summed E-state index contributed by atoms with van der Waals surface area (Å²) in [6, 6.07) is -0.825. The quantitative estimate of drug-likeness (QED) is 0.0262. The molecule has 0 radical (unpaired) electrons. The summed E-state index contributed by atoms with van der Waals surface area (Å²) in [6.07, 6.45) is 46.2. The van der Waals surface area contributed by atoms with Gasteiger partial charge in [0.05, 0.1) is 25.4 Å². The van der Waals surface area contributed by atoms with Gasteiger partial charge in [0, 0.05) is 6.42 Å². The number of unbranched alkanes of at least 4 members (excludes halogenated alkanes) is 29. The Morgan fingerprint density at radius 3 is 1.38 bits per heavy atom. The van der Waals surface area contributed by atoms with Crippen molar-refractivity contribution in [1.82, 2.24) is 5.32 Å². The Kier molecular flexibility index (Phi) is 39.9. The van der Waals surface area contributed by atoms with Crippen LogP contribution in [0, 0.1) is 0 Å². The molecule has 9 nitrogen and oxygen atoms in total. The van der Waals surface area contributed by atoms with E-state index in [0.29, 0.717) is 6.42 Å². The highest BCUT2D eigenvalue weighted by Gasteiger charge is 2.44. The number of hydrogen-bond acceptors (Lipinski definition) is 8. The van der Waals surface area contributed by atoms with E-state index in [1.54, 1.807) is 6.08 Å². The number of amides is 1. The Morgan fingerprint density at radius 1 is 0.541 bits per heavy atom. The van der Waals surface area contributed by atoms with E-state index in [2.05, 4.69) is 43.5 Å². The van der Waals surface area contributed by atoms with Crippen molar-refractivity contribution in [2.45, 2.75) is 275 Å². The van der Waals surface area contributed by atoms with Crippen molar-refractivity contribution in [3.63, 3.8) is 0 Å². The van der Waals surface area contributed by atoms with Crippen LogP contribution in [0.5, 0.6) is 0 Å². The average Bonchev–Trinajstić information content (AvgIpc) is 3.26. The molecule has 1 saturated heterocycles. The third-order valence-corrected chi connectivity index (χ3v) is 12.2. The summed E-state index contributed by atoms with van der Waals surface area (Å²) in [5.74, 6) is -0.188. The van der Waals surface area contributed by atoms with Crippen molar-refractivity contribution in [2.75, 3.05) is 13.2 Å². The smallest absolute Gasteiger partial charge is 0.220 e. The number of carbonyl (C=O) groups is 1. The van der Waals surface area contributed by atoms with Gasteiger partial charge in [0.2, 0.25) is 5.91 Å². The largest absolute Gasteiger partial charge is 0.394 e. The summed E-state index contributed by atoms with van der Waals surface area (Å²) < 4.78 is 11.2. The highest BCUT2D eigenvalue weighted by molar-refractivity contribution is 5.76. The van der Waals surface area contributed by atoms with Gasteiger partial charge in [0.1, 0.15) is 24.4 Å². The second kappa shape index (κ2) is 42.4. The van der Waals surface area contributed by atoms with Gasteiger partial charge in [-0.3, -0.25) is 4.79 Å². The molecule has 0 spiro atoms. The van der Waals surface area contributed by atoms with Crippen LogP contribution >= 0.6 is 0 Å². The van der Waals surface area contributed by atoms with Crippen LogP contribution in [0.4, 0.5) is 0 Å². The van der Waals surface area contributed by atoms with Gasteiger partial charge in [-0.05, 0) is 44.9 Å². The van der Waals surface area contributed by atoms with Gasteiger partial charge in [-0.1, -0.05) is 217 Å². The van der Waals surface area contributed by atoms with Crippen molar-refractivity contribution in [3.05, 3.63) is 36.5 Å². The molecule has 61 heavy (non-hydrogen) atoms. The molecule has 1 heterocycles. The number of allylic oxidation sites excluding steroid dienone is 5. The SMILES string of the molecule is CCCCCCCCCC/C=C/CC/C=C/CC/C=C/C(O)C(COC1OC(CO)C(O)C(O)C1O)NC(=O)CCCCCCCCCCCCCCCCCCCCCC. The van der Waals surface area contributed by atoms with E-state index in [1.165, 1.54) is 167 Å². The molecule has 7 unspecified atom stereocenters. The molecule has 0 aromatic carbocycles. The van der Waals surface area contributed by atoms with Crippen molar-refractivity contribution < 1.29 is 39.8 Å². The number of nitrogens with one attached hydrogen (secondary N) is 1. The van der Waals surface area contributed by atoms with Crippen molar-refractivity contribution in [3.8, 4) is 0 Å². The van der Waals surface area contributed by atoms with E-state index >= 15 is 0 Å². The molecule has 0 bridgehead atoms. The van der Waals surface area contributed by atoms with E-state index in [0.717, 1.165) is 44.9 Å². The van der Waals surface area contributed by atoms with Crippen LogP contribution in [0.2, 0.25) is 0 Å². The molecular formula is C52H97NO8. The minimum Gasteiger partial charge on any atom is -0.394 e. The van der Waals surface area contributed by atoms with Gasteiger partial charge in [0.25, 0.3) is 0 Å². The zero-order chi connectivity index (χ0) is 44.4. The summed E-state index contributed by atoms with van der Waals surface area (Å²) in [6.45, 7) is 3.77. The fraction of sp³-hybridized carbons (Fsp3) is 0.865. The Labute approximate surface area is 374 Å². The molecule has 358 valence electrons. The van der Waals surface area contributed by atoms with E-state index in [9.17, 15) is 30.3 Å². The van der Waals surface area contributed by atoms with Crippen LogP contribution in [0.25, 0.3) is 0 Å². The first-order valence-corrected chi connectivity index (χ1v) is 25.7. The third-order valence-electron chi connectivity index (χ3n) is 12.2. The average molecular weight is 864 g/mol. The van der Waals surface area contributed by atoms with Crippen LogP contribution in [0.3, 0.4) is 0 Å². The predicted molar refractivity (Wildman–Crippen MR) is 253 cm³/mol. The topological polar surface area (TPSA) is 149 Å². The molecule has 0 aliphatic carbocycles. The lowest BCUT2D eigenvalue weighted by Gasteiger charge is -2.40. The third kappa shape index (κ3) is 32.7. The number of carbonyl (C=O) groups excluding carboxylic acids is 1. The minimum absolute atomic E-state index is 0.188. The fourth-order valence-corrected chi connectivity index (χ4v) is 8.07. The summed E-state index contributed by atoms with van der Waals surface area (Å²) in [5, 5.41) is 54.3. The van der Waals surface area contributed by atoms with Gasteiger partial charge in [-0.15, -0.1) is 0 Å². The molecule has 0 saturated carbocycles. The zero-order valence-electron chi connectivity index (χ0n) is 39.4. The highest BCUT2D eigenvalue weighted by Crippen LogP contribution is 2.23. The summed E-state index contributed by atoms with van der Waals surface area (Å²) >= 11 is 0. The Balaban J connectivity index is 2.32. The lowest BCUT2D eigenvalue weighted by Crippen LogP contribution is -2.60. The standard InChI is InChI=1S/C52H97NO8/c1-3-5-7-9-11-13-15-17-19-21-23-24-26-28-30-32-34-36-38-40-42-48(56)53-45(44-60-52-51(59)50(58)49(57)47(43-54)61-52)46(55)41-39-37-35-33-31-29-27-25-22-20-18-16-14-12-10-8-6-4-2/h22,25,31,33,39,41,45-47,49-52,54-55,57-59H,3-21,23-24,26-30,32,34-38,40,42-44H2,1-2H3,(H,53,56)/b25-22+,33-31+,41-39+. The molecule has 6 N–H and O–H groups in total. The van der Waals surface area contributed by atoms with Crippen molar-refractivity contribution in [1.29, 1.82) is 0 Å². The van der Waals surface area contributed by atoms with Gasteiger partial charge in [-0.2, -0.15) is 0 Å². The maximum absolute atomic E-state index is 13.0. The van der Waals surface area contributed by atoms with Crippen LogP contribution in [-0.2, 0) is 14.3 Å². The molecular weight excluding hydrogens is 767 g/mol. The van der Waals surface area contributed by atoms with Gasteiger partial charge < -0.3 is 40.3 Å². The Hall–Kier alpha value is -1.59. The predicted octanol–water partition coefficient (Wildman–Crippen LogP) is 11.6. The van der Waals surface area contributed by atoms with E-state index in [-0.39, 0.29) is 12.5 Å². The summed E-state index contributed by atoms with van der Waals surface area (Å²) in [4.78, 5) is 13.0. The molecule has 1 aliphatic rings. The zero-order valence-corrected chi connectivity index (χ0v) is 39.4. The summed E-state index contributed by atoms with van der Waals surface area (Å²) in [7, 11) is 0. The number of hydrogen-bond donors (Lipinski definition) is 6. The van der Waals surface area contributed by atoms with Gasteiger partial charge >= 0.3 is 0 Å². The second-order valence-electron chi connectivity index (χ2n) is 18.0. The molecule has 1 fully saturated rings. The van der Waals surface area contributed by atoms with Crippen LogP contribution in [0.15, 0.2) is 36.5 Å². The van der Waals surface area contributed by atoms with Crippen LogP contribution in [0.1, 0.15) is 232 Å². The van der Waals surface area contributed by atoms with Crippen molar-refractivity contribution >= 4 is 5.91 Å². The molecule has 7 atom stereocenters. The number of ether oxygens (including phenoxy) is 2. The van der Waals surface area contributed by atoms with Crippen LogP contribution in [-0.4, -0.2) is 87.5 Å². The molecule has 0 aromatic heterocycles. The first kappa shape index (κ1) is 57.4. The molecule has 1 aliphatic heterocycles. The normalized spacial score (nSPS) is 20.7. The van der Waals surface area contributed by atoms with E-state index in [4.69, 9.17) is 9.47 Å². The molecule has 1 rings (SSSR count). The monoisotopic (exact) mass is 864 g/mol. The van der Waals surface area contributed by atoms with E-state index < -0.39 is 49.5 Å². The second-order valence-corrected chi connectivity index (χ2v) is 18.0. The lowest BCUT2D eigenvalue weighted by molar-refractivity contribution is -0.302. The maximum atomic E-state index is 13.0. The minimum atomic E-state index is -1.57. The van der Waals surface area contributed by atoms with Gasteiger partial charge in [0.15, 0.2) is 6.29 Å². The number of aliphatic hydroxyl groups excluding tert-OH is 5. The van der Waals surface area contributed by atoms with E-state index in [1.807, 2.05) is 6.08 Å². The van der Waals surface area contributed by atoms with Gasteiger partial charge in [-0.25, -0.2) is 0 Å². The van der Waals surface area contributed by atoms with Crippen LogP contribution < -0.4 is 5.32 Å². The highest BCUT2D eigenvalue weighted by atomic mass is 16.7. The number of rotatable bonds is 43. The van der Waals surface area contributed by atoms with Crippen molar-refractivity contribution in [2.24, 2.45) is 0 Å². The fourth-order valence-electron chi connectivity index (χ4n) is 8.07.